The van der Waals surface area contributed by atoms with E-state index in [4.69, 9.17) is 12.2 Å². The summed E-state index contributed by atoms with van der Waals surface area (Å²) in [5.74, 6) is -0.0707. The minimum absolute atomic E-state index is 0.253. The summed E-state index contributed by atoms with van der Waals surface area (Å²) in [6.45, 7) is 0. The Morgan fingerprint density at radius 2 is 1.68 bits per heavy atom. The van der Waals surface area contributed by atoms with Crippen molar-refractivity contribution in [3.8, 4) is 0 Å². The Hall–Kier alpha value is -2.99. The van der Waals surface area contributed by atoms with Crippen molar-refractivity contribution < 1.29 is 4.39 Å². The molecule has 0 spiro atoms. The molecule has 1 aliphatic rings. The summed E-state index contributed by atoms with van der Waals surface area (Å²) in [6, 6.07) is 16.0. The molecule has 0 saturated carbocycles. The van der Waals surface area contributed by atoms with Crippen LogP contribution in [0, 0.1) is 10.6 Å². The first kappa shape index (κ1) is 15.5. The molecule has 3 N–H and O–H groups in total. The van der Waals surface area contributed by atoms with Crippen LogP contribution in [0.4, 0.5) is 10.2 Å². The predicted molar refractivity (Wildman–Crippen MR) is 98.5 cm³/mol. The van der Waals surface area contributed by atoms with E-state index in [0.29, 0.717) is 11.4 Å². The van der Waals surface area contributed by atoms with Gasteiger partial charge in [0.05, 0.1) is 5.56 Å². The van der Waals surface area contributed by atoms with Crippen molar-refractivity contribution in [3.63, 3.8) is 0 Å². The van der Waals surface area contributed by atoms with Crippen LogP contribution < -0.4 is 10.9 Å². The molecule has 3 aromatic rings. The molecule has 1 unspecified atom stereocenters. The molecular formula is C19H14FN3OS. The molecule has 0 fully saturated rings. The Balaban J connectivity index is 1.93. The van der Waals surface area contributed by atoms with E-state index in [0.717, 1.165) is 16.8 Å². The van der Waals surface area contributed by atoms with E-state index >= 15 is 0 Å². The first-order chi connectivity index (χ1) is 12.1. The Morgan fingerprint density at radius 3 is 2.40 bits per heavy atom. The van der Waals surface area contributed by atoms with E-state index in [1.807, 2.05) is 36.4 Å². The number of aromatic amines is 2. The van der Waals surface area contributed by atoms with Crippen LogP contribution in [-0.4, -0.2) is 9.97 Å². The summed E-state index contributed by atoms with van der Waals surface area (Å²) in [5.41, 5.74) is 2.94. The lowest BCUT2D eigenvalue weighted by molar-refractivity contribution is 0.627. The number of aromatic nitrogens is 2. The van der Waals surface area contributed by atoms with E-state index in [1.54, 1.807) is 12.1 Å². The second-order valence-corrected chi connectivity index (χ2v) is 6.21. The highest BCUT2D eigenvalue weighted by Crippen LogP contribution is 2.36. The summed E-state index contributed by atoms with van der Waals surface area (Å²) in [5, 5.41) is 3.25. The van der Waals surface area contributed by atoms with Gasteiger partial charge in [-0.05, 0) is 41.6 Å². The van der Waals surface area contributed by atoms with Gasteiger partial charge in [0.1, 0.15) is 11.6 Å². The van der Waals surface area contributed by atoms with Crippen LogP contribution in [0.1, 0.15) is 22.6 Å². The van der Waals surface area contributed by atoms with Crippen LogP contribution in [0.25, 0.3) is 5.70 Å². The lowest BCUT2D eigenvalue weighted by Gasteiger charge is -2.25. The molecule has 4 nitrogen and oxygen atoms in total. The van der Waals surface area contributed by atoms with Crippen molar-refractivity contribution in [2.24, 2.45) is 0 Å². The minimum Gasteiger partial charge on any atom is -0.341 e. The third-order valence-electron chi connectivity index (χ3n) is 4.20. The average Bonchev–Trinajstić information content (AvgIpc) is 2.62. The maximum Gasteiger partial charge on any atom is 0.257 e. The normalized spacial score (nSPS) is 15.9. The number of H-pyrrole nitrogens is 2. The van der Waals surface area contributed by atoms with Crippen LogP contribution in [-0.2, 0) is 0 Å². The number of fused-ring (bicyclic) bond motifs is 1. The molecule has 0 amide bonds. The average molecular weight is 351 g/mol. The van der Waals surface area contributed by atoms with Gasteiger partial charge in [-0.25, -0.2) is 4.39 Å². The maximum atomic E-state index is 13.3. The summed E-state index contributed by atoms with van der Waals surface area (Å²) < 4.78 is 13.6. The molecule has 2 aromatic carbocycles. The van der Waals surface area contributed by atoms with Gasteiger partial charge in [-0.1, -0.05) is 42.5 Å². The number of nitrogens with one attached hydrogen (secondary N) is 3. The van der Waals surface area contributed by atoms with Gasteiger partial charge in [0.25, 0.3) is 5.56 Å². The van der Waals surface area contributed by atoms with Gasteiger partial charge in [-0.2, -0.15) is 0 Å². The highest BCUT2D eigenvalue weighted by molar-refractivity contribution is 7.71. The second-order valence-electron chi connectivity index (χ2n) is 5.80. The van der Waals surface area contributed by atoms with Gasteiger partial charge in [-0.15, -0.1) is 0 Å². The molecular weight excluding hydrogens is 337 g/mol. The van der Waals surface area contributed by atoms with Crippen molar-refractivity contribution in [2.75, 3.05) is 5.32 Å². The number of allylic oxidation sites excluding steroid dienone is 1. The molecule has 124 valence electrons. The fraction of sp³-hybridized carbons (Fsp3) is 0.0526. The van der Waals surface area contributed by atoms with Gasteiger partial charge in [-0.3, -0.25) is 9.78 Å². The molecule has 0 aliphatic carbocycles. The van der Waals surface area contributed by atoms with Crippen molar-refractivity contribution >= 4 is 23.7 Å². The molecule has 0 saturated heterocycles. The monoisotopic (exact) mass is 351 g/mol. The van der Waals surface area contributed by atoms with E-state index in [1.165, 1.54) is 12.1 Å². The van der Waals surface area contributed by atoms with Crippen LogP contribution in [0.2, 0.25) is 0 Å². The molecule has 6 heteroatoms. The molecule has 1 atom stereocenters. The molecule has 25 heavy (non-hydrogen) atoms. The highest BCUT2D eigenvalue weighted by atomic mass is 32.1. The van der Waals surface area contributed by atoms with Gasteiger partial charge in [0, 0.05) is 11.6 Å². The van der Waals surface area contributed by atoms with Crippen LogP contribution in [0.15, 0.2) is 65.5 Å². The molecule has 2 heterocycles. The zero-order valence-electron chi connectivity index (χ0n) is 13.0. The molecule has 1 aromatic heterocycles. The number of halogens is 1. The van der Waals surface area contributed by atoms with Gasteiger partial charge >= 0.3 is 0 Å². The van der Waals surface area contributed by atoms with Gasteiger partial charge in [0.15, 0.2) is 4.77 Å². The third-order valence-corrected chi connectivity index (χ3v) is 4.40. The SMILES string of the molecule is O=c1[nH]c(=S)[nH]c2c1C(c1ccc(F)cc1)C=C(c1ccccc1)N2. The maximum absolute atomic E-state index is 13.3. The number of benzene rings is 2. The van der Waals surface area contributed by atoms with E-state index in [-0.39, 0.29) is 22.1 Å². The van der Waals surface area contributed by atoms with Crippen molar-refractivity contribution in [1.82, 2.24) is 9.97 Å². The number of rotatable bonds is 2. The minimum atomic E-state index is -0.317. The van der Waals surface area contributed by atoms with Gasteiger partial charge in [0.2, 0.25) is 0 Å². The first-order valence-electron chi connectivity index (χ1n) is 7.78. The van der Waals surface area contributed by atoms with E-state index < -0.39 is 0 Å². The fourth-order valence-electron chi connectivity index (χ4n) is 3.04. The Bertz CT molecular complexity index is 1070. The zero-order chi connectivity index (χ0) is 17.4. The van der Waals surface area contributed by atoms with E-state index in [2.05, 4.69) is 15.3 Å². The van der Waals surface area contributed by atoms with Crippen molar-refractivity contribution in [3.05, 3.63) is 98.3 Å². The summed E-state index contributed by atoms with van der Waals surface area (Å²) in [6.07, 6.45) is 1.97. The summed E-state index contributed by atoms with van der Waals surface area (Å²) in [7, 11) is 0. The largest absolute Gasteiger partial charge is 0.341 e. The Kier molecular flexibility index (Phi) is 3.82. The zero-order valence-corrected chi connectivity index (χ0v) is 13.9. The van der Waals surface area contributed by atoms with Crippen molar-refractivity contribution in [2.45, 2.75) is 5.92 Å². The van der Waals surface area contributed by atoms with Crippen molar-refractivity contribution in [1.29, 1.82) is 0 Å². The first-order valence-corrected chi connectivity index (χ1v) is 8.19. The van der Waals surface area contributed by atoms with Gasteiger partial charge < -0.3 is 10.3 Å². The second kappa shape index (κ2) is 6.14. The number of hydrogen-bond donors (Lipinski definition) is 3. The van der Waals surface area contributed by atoms with Crippen LogP contribution in [0.5, 0.6) is 0 Å². The number of hydrogen-bond acceptors (Lipinski definition) is 3. The third kappa shape index (κ3) is 2.92. The predicted octanol–water partition coefficient (Wildman–Crippen LogP) is 4.17. The molecule has 4 rings (SSSR count). The smallest absolute Gasteiger partial charge is 0.257 e. The Labute approximate surface area is 148 Å². The number of anilines is 1. The standard InChI is InChI=1S/C19H14FN3OS/c20-13-8-6-11(7-9-13)14-10-15(12-4-2-1-3-5-12)21-17-16(14)18(24)23-19(25)22-17/h1-10,14H,(H3,21,22,23,24,25). The highest BCUT2D eigenvalue weighted by Gasteiger charge is 2.26. The quantitative estimate of drug-likeness (QED) is 0.607. The lowest BCUT2D eigenvalue weighted by atomic mass is 9.88. The van der Waals surface area contributed by atoms with Crippen LogP contribution in [0.3, 0.4) is 0 Å². The summed E-state index contributed by atoms with van der Waals surface area (Å²) >= 11 is 5.09. The van der Waals surface area contributed by atoms with E-state index in [9.17, 15) is 9.18 Å². The lowest BCUT2D eigenvalue weighted by Crippen LogP contribution is -2.24. The summed E-state index contributed by atoms with van der Waals surface area (Å²) in [4.78, 5) is 18.1. The molecule has 1 aliphatic heterocycles. The molecule has 0 bridgehead atoms. The van der Waals surface area contributed by atoms with Crippen LogP contribution >= 0.6 is 12.2 Å². The topological polar surface area (TPSA) is 60.7 Å². The fourth-order valence-corrected chi connectivity index (χ4v) is 3.23. The Morgan fingerprint density at radius 1 is 0.960 bits per heavy atom. The molecule has 0 radical (unpaired) electrons.